The molecule has 4 aromatic rings. The first-order chi connectivity index (χ1) is 18.7. The standard InChI is InChI=1S/C26H29N6O3.3CH3.Sn/c1-4-6-11-23-22(26(32(3)29-23)35-17-24(33)34-5-2)16-18-12-14-19(15-13-18)20-9-7-8-10-21(20)25-27-30-31-28-25;;;;/h7-10,12-15H,4-6,11,16-17H2,1-3H3;3*1H3;/q-1;;;;+1. The van der Waals surface area contributed by atoms with E-state index in [1.807, 2.05) is 19.2 Å². The van der Waals surface area contributed by atoms with Crippen molar-refractivity contribution < 1.29 is 14.3 Å². The maximum atomic E-state index is 11.9. The number of benzene rings is 2. The number of aryl methyl sites for hydroxylation is 2. The molecule has 0 aliphatic rings. The summed E-state index contributed by atoms with van der Waals surface area (Å²) in [6.07, 6.45) is 3.63. The first kappa shape index (κ1) is 28.8. The van der Waals surface area contributed by atoms with Crippen molar-refractivity contribution in [3.8, 4) is 28.4 Å². The molecule has 0 atom stereocenters. The van der Waals surface area contributed by atoms with E-state index in [1.165, 1.54) is 0 Å². The van der Waals surface area contributed by atoms with Gasteiger partial charge in [-0.1, -0.05) is 13.3 Å². The van der Waals surface area contributed by atoms with Crippen LogP contribution in [0.4, 0.5) is 0 Å². The molecular formula is C29H38N6O3Sn. The average molecular weight is 637 g/mol. The van der Waals surface area contributed by atoms with E-state index in [4.69, 9.17) is 14.6 Å². The Morgan fingerprint density at radius 2 is 1.72 bits per heavy atom. The van der Waals surface area contributed by atoms with Gasteiger partial charge in [-0.15, -0.1) is 0 Å². The van der Waals surface area contributed by atoms with E-state index in [9.17, 15) is 4.79 Å². The molecule has 39 heavy (non-hydrogen) atoms. The van der Waals surface area contributed by atoms with Crippen LogP contribution in [0, 0.1) is 0 Å². The predicted molar refractivity (Wildman–Crippen MR) is 154 cm³/mol. The van der Waals surface area contributed by atoms with Crippen molar-refractivity contribution in [1.29, 1.82) is 0 Å². The van der Waals surface area contributed by atoms with E-state index in [0.29, 0.717) is 18.9 Å². The van der Waals surface area contributed by atoms with Crippen molar-refractivity contribution in [2.24, 2.45) is 7.05 Å². The van der Waals surface area contributed by atoms with Crippen LogP contribution in [-0.4, -0.2) is 66.0 Å². The second-order valence-corrected chi connectivity index (χ2v) is 24.2. The Hall–Kier alpha value is -3.21. The molecule has 2 aromatic heterocycles. The Morgan fingerprint density at radius 3 is 2.38 bits per heavy atom. The molecule has 0 bridgehead atoms. The van der Waals surface area contributed by atoms with Crippen LogP contribution in [0.15, 0.2) is 48.5 Å². The summed E-state index contributed by atoms with van der Waals surface area (Å²) in [5.74, 6) is 1.06. The van der Waals surface area contributed by atoms with E-state index in [1.54, 1.807) is 11.6 Å². The molecule has 2 aromatic carbocycles. The summed E-state index contributed by atoms with van der Waals surface area (Å²) in [6, 6.07) is 16.9. The van der Waals surface area contributed by atoms with Gasteiger partial charge in [0.2, 0.25) is 0 Å². The third-order valence-corrected chi connectivity index (χ3v) is 11.0. The molecule has 0 aliphatic carbocycles. The van der Waals surface area contributed by atoms with Gasteiger partial charge in [0.25, 0.3) is 0 Å². The van der Waals surface area contributed by atoms with Gasteiger partial charge in [-0.2, -0.15) is 0 Å². The number of ether oxygens (including phenoxy) is 2. The Kier molecular flexibility index (Phi) is 9.42. The zero-order valence-corrected chi connectivity index (χ0v) is 26.6. The Balaban J connectivity index is 1.63. The minimum atomic E-state index is -2.58. The fraction of sp³-hybridized carbons (Fsp3) is 0.414. The fourth-order valence-corrected chi connectivity index (χ4v) is 7.75. The third kappa shape index (κ3) is 6.87. The van der Waals surface area contributed by atoms with Crippen LogP contribution in [0.3, 0.4) is 0 Å². The number of hydrogen-bond acceptors (Lipinski definition) is 7. The van der Waals surface area contributed by atoms with Gasteiger partial charge in [0.05, 0.1) is 6.61 Å². The van der Waals surface area contributed by atoms with Crippen LogP contribution in [0.2, 0.25) is 14.8 Å². The summed E-state index contributed by atoms with van der Waals surface area (Å²) >= 11 is -2.58. The molecule has 0 N–H and O–H groups in total. The van der Waals surface area contributed by atoms with Crippen LogP contribution in [0.5, 0.6) is 5.88 Å². The second-order valence-electron chi connectivity index (χ2n) is 10.6. The first-order valence-electron chi connectivity index (χ1n) is 13.5. The van der Waals surface area contributed by atoms with E-state index in [2.05, 4.69) is 76.6 Å². The Labute approximate surface area is 234 Å². The predicted octanol–water partition coefficient (Wildman–Crippen LogP) is 5.30. The molecule has 0 amide bonds. The first-order valence-corrected chi connectivity index (χ1v) is 23.4. The summed E-state index contributed by atoms with van der Waals surface area (Å²) in [5, 5.41) is 17.5. The summed E-state index contributed by atoms with van der Waals surface area (Å²) < 4.78 is 14.8. The summed E-state index contributed by atoms with van der Waals surface area (Å²) in [7, 11) is 1.86. The van der Waals surface area contributed by atoms with Gasteiger partial charge in [0, 0.05) is 7.05 Å². The molecule has 0 radical (unpaired) electrons. The summed E-state index contributed by atoms with van der Waals surface area (Å²) in [4.78, 5) is 18.8. The van der Waals surface area contributed by atoms with Gasteiger partial charge in [0.15, 0.2) is 6.61 Å². The zero-order chi connectivity index (χ0) is 28.0. The van der Waals surface area contributed by atoms with E-state index in [0.717, 1.165) is 58.6 Å². The van der Waals surface area contributed by atoms with Gasteiger partial charge < -0.3 is 4.74 Å². The number of aromatic nitrogens is 6. The van der Waals surface area contributed by atoms with Gasteiger partial charge in [-0.05, 0) is 13.3 Å². The quantitative estimate of drug-likeness (QED) is 0.154. The number of tetrazole rings is 1. The molecule has 0 fully saturated rings. The van der Waals surface area contributed by atoms with Crippen LogP contribution in [-0.2, 0) is 29.4 Å². The Morgan fingerprint density at radius 1 is 1.00 bits per heavy atom. The van der Waals surface area contributed by atoms with Gasteiger partial charge >= 0.3 is 179 Å². The van der Waals surface area contributed by atoms with E-state index >= 15 is 0 Å². The third-order valence-electron chi connectivity index (χ3n) is 6.49. The van der Waals surface area contributed by atoms with Crippen molar-refractivity contribution in [2.45, 2.75) is 54.3 Å². The molecule has 206 valence electrons. The molecule has 0 saturated carbocycles. The monoisotopic (exact) mass is 638 g/mol. The van der Waals surface area contributed by atoms with Crippen molar-refractivity contribution in [2.75, 3.05) is 13.2 Å². The molecule has 0 spiro atoms. The van der Waals surface area contributed by atoms with E-state index < -0.39 is 18.7 Å². The number of unbranched alkanes of at least 4 members (excludes halogenated alkanes) is 1. The number of nitrogens with zero attached hydrogens (tertiary/aromatic N) is 6. The van der Waals surface area contributed by atoms with Gasteiger partial charge in [-0.25, -0.2) is 4.79 Å². The van der Waals surface area contributed by atoms with Gasteiger partial charge in [0.1, 0.15) is 0 Å². The van der Waals surface area contributed by atoms with Crippen LogP contribution in [0.1, 0.15) is 43.5 Å². The SMILES string of the molecule is CCCCc1nn(C)c(OCC(=O)OCC)c1Cc1ccc(-c2ccccc2-c2nnn[n]2[Sn]([CH3])([CH3])[CH3])cc1. The molecule has 9 nitrogen and oxygen atoms in total. The molecule has 4 rings (SSSR count). The topological polar surface area (TPSA) is 97.0 Å². The summed E-state index contributed by atoms with van der Waals surface area (Å²) in [5.41, 5.74) is 6.39. The number of hydrogen-bond donors (Lipinski definition) is 0. The van der Waals surface area contributed by atoms with Crippen molar-refractivity contribution in [3.05, 3.63) is 65.4 Å². The molecule has 0 saturated heterocycles. The molecule has 10 heteroatoms. The van der Waals surface area contributed by atoms with Crippen molar-refractivity contribution in [1.82, 2.24) is 28.2 Å². The fourth-order valence-electron chi connectivity index (χ4n) is 4.58. The molecule has 0 aliphatic heterocycles. The van der Waals surface area contributed by atoms with E-state index in [-0.39, 0.29) is 12.6 Å². The zero-order valence-electron chi connectivity index (χ0n) is 23.8. The van der Waals surface area contributed by atoms with Crippen molar-refractivity contribution >= 4 is 24.6 Å². The van der Waals surface area contributed by atoms with Crippen LogP contribution < -0.4 is 4.74 Å². The number of esters is 1. The molecule has 0 unspecified atom stereocenters. The van der Waals surface area contributed by atoms with Gasteiger partial charge in [-0.3, -0.25) is 0 Å². The van der Waals surface area contributed by atoms with Crippen molar-refractivity contribution in [3.63, 3.8) is 0 Å². The summed E-state index contributed by atoms with van der Waals surface area (Å²) in [6.45, 7) is 4.14. The Bertz CT molecular complexity index is 1410. The minimum absolute atomic E-state index is 0.137. The molecular weight excluding hydrogens is 599 g/mol. The van der Waals surface area contributed by atoms with Crippen LogP contribution in [0.25, 0.3) is 22.5 Å². The normalized spacial score (nSPS) is 11.5. The average Bonchev–Trinajstić information content (AvgIpc) is 3.52. The number of rotatable bonds is 12. The van der Waals surface area contributed by atoms with Crippen LogP contribution >= 0.6 is 0 Å². The number of carbonyl (C=O) groups excluding carboxylic acids is 1. The molecule has 2 heterocycles. The number of carbonyl (C=O) groups is 1. The second kappa shape index (κ2) is 12.8. The maximum absolute atomic E-state index is 11.9.